The molecular weight excluding hydrogens is 374 g/mol. The molecule has 28 heavy (non-hydrogen) atoms. The SMILES string of the molecule is C[C@H](CCNC(=O)C1CCN(S(=O)(=O)Cc2ccccc2)CC1)N1CCCC1. The molecule has 0 radical (unpaired) electrons. The Bertz CT molecular complexity index is 725. The predicted octanol–water partition coefficient (Wildman–Crippen LogP) is 2.22. The Morgan fingerprint density at radius 2 is 1.75 bits per heavy atom. The van der Waals surface area contributed by atoms with Crippen LogP contribution in [0.2, 0.25) is 0 Å². The number of carbonyl (C=O) groups is 1. The van der Waals surface area contributed by atoms with Crippen LogP contribution in [0.4, 0.5) is 0 Å². The predicted molar refractivity (Wildman–Crippen MR) is 111 cm³/mol. The molecule has 2 aliphatic heterocycles. The topological polar surface area (TPSA) is 69.7 Å². The monoisotopic (exact) mass is 407 g/mol. The smallest absolute Gasteiger partial charge is 0.223 e. The number of rotatable bonds is 8. The lowest BCUT2D eigenvalue weighted by atomic mass is 9.97. The summed E-state index contributed by atoms with van der Waals surface area (Å²) in [4.78, 5) is 14.9. The van der Waals surface area contributed by atoms with Gasteiger partial charge in [0.15, 0.2) is 0 Å². The Kier molecular flexibility index (Phi) is 7.48. The van der Waals surface area contributed by atoms with Gasteiger partial charge in [0.1, 0.15) is 0 Å². The lowest BCUT2D eigenvalue weighted by Crippen LogP contribution is -2.44. The Labute approximate surface area is 169 Å². The lowest BCUT2D eigenvalue weighted by molar-refractivity contribution is -0.126. The van der Waals surface area contributed by atoms with E-state index in [1.165, 1.54) is 25.9 Å². The number of sulfonamides is 1. The molecule has 2 saturated heterocycles. The molecule has 2 heterocycles. The van der Waals surface area contributed by atoms with Gasteiger partial charge < -0.3 is 10.2 Å². The van der Waals surface area contributed by atoms with E-state index in [1.54, 1.807) is 4.31 Å². The van der Waals surface area contributed by atoms with E-state index in [4.69, 9.17) is 0 Å². The number of nitrogens with zero attached hydrogens (tertiary/aromatic N) is 2. The van der Waals surface area contributed by atoms with E-state index >= 15 is 0 Å². The number of nitrogens with one attached hydrogen (secondary N) is 1. The number of piperidine rings is 1. The first-order valence-corrected chi connectivity index (χ1v) is 12.1. The molecule has 0 aliphatic carbocycles. The maximum Gasteiger partial charge on any atom is 0.223 e. The summed E-state index contributed by atoms with van der Waals surface area (Å²) in [5, 5.41) is 3.07. The van der Waals surface area contributed by atoms with Crippen molar-refractivity contribution in [2.45, 2.75) is 50.8 Å². The van der Waals surface area contributed by atoms with E-state index in [9.17, 15) is 13.2 Å². The van der Waals surface area contributed by atoms with Crippen molar-refractivity contribution >= 4 is 15.9 Å². The van der Waals surface area contributed by atoms with Crippen LogP contribution in [0.25, 0.3) is 0 Å². The second-order valence-electron chi connectivity index (χ2n) is 8.09. The Balaban J connectivity index is 1.39. The van der Waals surface area contributed by atoms with Gasteiger partial charge in [-0.15, -0.1) is 0 Å². The third kappa shape index (κ3) is 5.78. The number of hydrogen-bond acceptors (Lipinski definition) is 4. The Morgan fingerprint density at radius 1 is 1.11 bits per heavy atom. The van der Waals surface area contributed by atoms with Crippen molar-refractivity contribution in [2.75, 3.05) is 32.7 Å². The lowest BCUT2D eigenvalue weighted by Gasteiger charge is -2.31. The summed E-state index contributed by atoms with van der Waals surface area (Å²) in [7, 11) is -3.33. The van der Waals surface area contributed by atoms with Crippen LogP contribution in [0, 0.1) is 5.92 Å². The van der Waals surface area contributed by atoms with E-state index in [2.05, 4.69) is 17.1 Å². The van der Waals surface area contributed by atoms with E-state index in [0.717, 1.165) is 12.0 Å². The molecule has 0 spiro atoms. The highest BCUT2D eigenvalue weighted by molar-refractivity contribution is 7.88. The van der Waals surface area contributed by atoms with Gasteiger partial charge in [-0.3, -0.25) is 4.79 Å². The van der Waals surface area contributed by atoms with Crippen LogP contribution < -0.4 is 5.32 Å². The van der Waals surface area contributed by atoms with Crippen molar-refractivity contribution in [3.63, 3.8) is 0 Å². The molecule has 7 heteroatoms. The highest BCUT2D eigenvalue weighted by Gasteiger charge is 2.31. The van der Waals surface area contributed by atoms with Gasteiger partial charge in [-0.25, -0.2) is 12.7 Å². The minimum absolute atomic E-state index is 0.0269. The summed E-state index contributed by atoms with van der Waals surface area (Å²) in [6.45, 7) is 6.13. The zero-order valence-corrected chi connectivity index (χ0v) is 17.7. The van der Waals surface area contributed by atoms with E-state index < -0.39 is 10.0 Å². The summed E-state index contributed by atoms with van der Waals surface area (Å²) < 4.78 is 26.8. The van der Waals surface area contributed by atoms with Crippen molar-refractivity contribution in [1.29, 1.82) is 0 Å². The molecule has 6 nitrogen and oxygen atoms in total. The van der Waals surface area contributed by atoms with Gasteiger partial charge in [-0.2, -0.15) is 0 Å². The van der Waals surface area contributed by atoms with Crippen LogP contribution in [0.3, 0.4) is 0 Å². The fraction of sp³-hybridized carbons (Fsp3) is 0.667. The van der Waals surface area contributed by atoms with Crippen LogP contribution in [0.5, 0.6) is 0 Å². The van der Waals surface area contributed by atoms with Crippen LogP contribution in [0.1, 0.15) is 44.6 Å². The van der Waals surface area contributed by atoms with Crippen LogP contribution in [-0.4, -0.2) is 62.3 Å². The normalized spacial score (nSPS) is 20.9. The summed E-state index contributed by atoms with van der Waals surface area (Å²) >= 11 is 0. The molecule has 1 amide bonds. The maximum absolute atomic E-state index is 12.6. The zero-order chi connectivity index (χ0) is 20.0. The summed E-state index contributed by atoms with van der Waals surface area (Å²) in [5.41, 5.74) is 0.800. The van der Waals surface area contributed by atoms with Crippen molar-refractivity contribution in [3.05, 3.63) is 35.9 Å². The largest absolute Gasteiger partial charge is 0.356 e. The standard InChI is InChI=1S/C21H33N3O3S/c1-18(23-13-5-6-14-23)9-12-22-21(25)20-10-15-24(16-11-20)28(26,27)17-19-7-3-2-4-8-19/h2-4,7-8,18,20H,5-6,9-17H2,1H3,(H,22,25)/t18-/m1/s1. The fourth-order valence-electron chi connectivity index (χ4n) is 4.19. The molecule has 0 aromatic heterocycles. The number of carbonyl (C=O) groups excluding carboxylic acids is 1. The first-order chi connectivity index (χ1) is 13.5. The first-order valence-electron chi connectivity index (χ1n) is 10.5. The molecule has 0 saturated carbocycles. The number of benzene rings is 1. The summed E-state index contributed by atoms with van der Waals surface area (Å²) in [6.07, 6.45) is 4.73. The third-order valence-corrected chi connectivity index (χ3v) is 7.89. The minimum Gasteiger partial charge on any atom is -0.356 e. The Morgan fingerprint density at radius 3 is 2.39 bits per heavy atom. The van der Waals surface area contributed by atoms with Crippen molar-refractivity contribution in [1.82, 2.24) is 14.5 Å². The quantitative estimate of drug-likeness (QED) is 0.717. The molecule has 1 aromatic carbocycles. The summed E-state index contributed by atoms with van der Waals surface area (Å²) in [6, 6.07) is 9.76. The van der Waals surface area contributed by atoms with E-state index in [1.807, 2.05) is 30.3 Å². The molecule has 3 rings (SSSR count). The van der Waals surface area contributed by atoms with Crippen LogP contribution in [0.15, 0.2) is 30.3 Å². The molecule has 2 fully saturated rings. The van der Waals surface area contributed by atoms with Gasteiger partial charge in [-0.05, 0) is 57.7 Å². The molecule has 156 valence electrons. The van der Waals surface area contributed by atoms with E-state index in [0.29, 0.717) is 38.5 Å². The average molecular weight is 408 g/mol. The van der Waals surface area contributed by atoms with Crippen LogP contribution in [-0.2, 0) is 20.6 Å². The van der Waals surface area contributed by atoms with Crippen molar-refractivity contribution < 1.29 is 13.2 Å². The molecule has 1 atom stereocenters. The molecular formula is C21H33N3O3S. The average Bonchev–Trinajstić information content (AvgIpc) is 3.23. The second-order valence-corrected chi connectivity index (χ2v) is 10.1. The first kappa shape index (κ1) is 21.3. The van der Waals surface area contributed by atoms with Gasteiger partial charge in [0.25, 0.3) is 0 Å². The number of hydrogen-bond donors (Lipinski definition) is 1. The number of likely N-dealkylation sites (tertiary alicyclic amines) is 1. The minimum atomic E-state index is -3.33. The molecule has 2 aliphatic rings. The molecule has 0 unspecified atom stereocenters. The second kappa shape index (κ2) is 9.85. The van der Waals surface area contributed by atoms with Crippen LogP contribution >= 0.6 is 0 Å². The summed E-state index contributed by atoms with van der Waals surface area (Å²) in [5.74, 6) is 0.0259. The van der Waals surface area contributed by atoms with Gasteiger partial charge in [0.05, 0.1) is 5.75 Å². The highest BCUT2D eigenvalue weighted by atomic mass is 32.2. The van der Waals surface area contributed by atoms with Gasteiger partial charge >= 0.3 is 0 Å². The van der Waals surface area contributed by atoms with Gasteiger partial charge in [0, 0.05) is 31.6 Å². The molecule has 1 aromatic rings. The molecule has 1 N–H and O–H groups in total. The van der Waals surface area contributed by atoms with E-state index in [-0.39, 0.29) is 17.6 Å². The maximum atomic E-state index is 12.6. The highest BCUT2D eigenvalue weighted by Crippen LogP contribution is 2.22. The Hall–Kier alpha value is -1.44. The van der Waals surface area contributed by atoms with Gasteiger partial charge in [0.2, 0.25) is 15.9 Å². The van der Waals surface area contributed by atoms with Gasteiger partial charge in [-0.1, -0.05) is 30.3 Å². The molecule has 0 bridgehead atoms. The zero-order valence-electron chi connectivity index (χ0n) is 16.8. The number of amides is 1. The van der Waals surface area contributed by atoms with Crippen molar-refractivity contribution in [3.8, 4) is 0 Å². The third-order valence-electron chi connectivity index (χ3n) is 6.04. The fourth-order valence-corrected chi connectivity index (χ4v) is 5.75. The van der Waals surface area contributed by atoms with Crippen molar-refractivity contribution in [2.24, 2.45) is 5.92 Å².